The van der Waals surface area contributed by atoms with E-state index >= 15 is 0 Å². The normalized spacial score (nSPS) is 32.8. The number of allylic oxidation sites excluding steroid dienone is 1. The molecule has 51 heavy (non-hydrogen) atoms. The minimum atomic E-state index is -2.97. The number of hydrogen-bond acceptors (Lipinski definition) is 5. The number of fused-ring (bicyclic) bond motifs is 2. The highest BCUT2D eigenvalue weighted by Crippen LogP contribution is 2.71. The summed E-state index contributed by atoms with van der Waals surface area (Å²) >= 11 is 6.64. The Morgan fingerprint density at radius 1 is 0.824 bits per heavy atom. The van der Waals surface area contributed by atoms with Crippen LogP contribution in [0.4, 0.5) is 17.6 Å². The molecule has 4 aliphatic carbocycles. The van der Waals surface area contributed by atoms with Crippen LogP contribution in [-0.4, -0.2) is 47.5 Å². The van der Waals surface area contributed by atoms with E-state index < -0.39 is 38.5 Å². The standard InChI is InChI=1S/C19H21F2NOS.C10H17NO2S.C9H5ClF2O/c1-18(2)13-7-8-19(18)11-24-22(16(19)10-13)17(23)6-4-12-3-5-14(20)15(21)9-12;1-9(2)7-3-4-10(9)6-14(12,13)11-8(10)5-7;10-9(13)4-2-6-1-3-7(11)8(12)5-6/h3-6,9,13,16H,7-8,10-11H2,1-2H3;7-8,11H,3-6H2,1-2H3;1-5H/b6-4+;;4-2+/t13?,16-,19-;7?,8-,10-;/m11./s1. The average Bonchev–Trinajstić information content (AvgIpc) is 3.82. The summed E-state index contributed by atoms with van der Waals surface area (Å²) in [5.74, 6) is -0.883. The average molecular weight is 767 g/mol. The van der Waals surface area contributed by atoms with Crippen molar-refractivity contribution in [3.63, 3.8) is 0 Å². The molecule has 2 saturated heterocycles. The Bertz CT molecular complexity index is 1900. The van der Waals surface area contributed by atoms with E-state index in [1.54, 1.807) is 18.0 Å². The van der Waals surface area contributed by atoms with Gasteiger partial charge in [-0.25, -0.2) is 30.7 Å². The van der Waals surface area contributed by atoms with Gasteiger partial charge in [0.25, 0.3) is 5.91 Å². The quantitative estimate of drug-likeness (QED) is 0.146. The van der Waals surface area contributed by atoms with Crippen LogP contribution in [0.2, 0.25) is 0 Å². The second-order valence-electron chi connectivity index (χ2n) is 15.9. The lowest BCUT2D eigenvalue weighted by Crippen LogP contribution is -2.42. The van der Waals surface area contributed by atoms with E-state index in [4.69, 9.17) is 11.6 Å². The molecule has 4 bridgehead atoms. The maximum absolute atomic E-state index is 13.3. The smallest absolute Gasteiger partial charge is 0.256 e. The van der Waals surface area contributed by atoms with E-state index in [9.17, 15) is 35.6 Å². The second-order valence-corrected chi connectivity index (χ2v) is 19.0. The first kappa shape index (κ1) is 38.1. The van der Waals surface area contributed by atoms with Crippen LogP contribution in [0, 0.1) is 56.8 Å². The van der Waals surface area contributed by atoms with Gasteiger partial charge in [0.1, 0.15) is 0 Å². The third-order valence-electron chi connectivity index (χ3n) is 13.3. The summed E-state index contributed by atoms with van der Waals surface area (Å²) in [6.45, 7) is 9.23. The molecule has 276 valence electrons. The van der Waals surface area contributed by atoms with Gasteiger partial charge in [0.2, 0.25) is 15.3 Å². The van der Waals surface area contributed by atoms with Crippen LogP contribution in [-0.2, 0) is 19.6 Å². The van der Waals surface area contributed by atoms with Crippen molar-refractivity contribution in [3.05, 3.63) is 82.9 Å². The Kier molecular flexibility index (Phi) is 10.2. The van der Waals surface area contributed by atoms with Crippen LogP contribution < -0.4 is 4.72 Å². The molecule has 1 N–H and O–H groups in total. The predicted molar refractivity (Wildman–Crippen MR) is 193 cm³/mol. The molecule has 0 radical (unpaired) electrons. The van der Waals surface area contributed by atoms with Crippen molar-refractivity contribution >= 4 is 56.9 Å². The first-order valence-corrected chi connectivity index (χ1v) is 20.2. The molecule has 6 fully saturated rings. The van der Waals surface area contributed by atoms with Crippen LogP contribution in [0.25, 0.3) is 12.2 Å². The van der Waals surface area contributed by atoms with Gasteiger partial charge in [0.05, 0.1) is 11.8 Å². The Labute approximate surface area is 306 Å². The minimum absolute atomic E-state index is 0.0463. The Hall–Kier alpha value is -2.67. The number of nitrogens with one attached hydrogen (secondary N) is 1. The number of hydrogen-bond donors (Lipinski definition) is 1. The third kappa shape index (κ3) is 6.72. The molecule has 6 atom stereocenters. The third-order valence-corrected chi connectivity index (χ3v) is 16.3. The maximum Gasteiger partial charge on any atom is 0.256 e. The fourth-order valence-corrected chi connectivity index (χ4v) is 14.0. The maximum atomic E-state index is 13.3. The van der Waals surface area contributed by atoms with E-state index in [0.717, 1.165) is 61.3 Å². The Morgan fingerprint density at radius 3 is 1.86 bits per heavy atom. The van der Waals surface area contributed by atoms with E-state index in [2.05, 4.69) is 32.4 Å². The highest BCUT2D eigenvalue weighted by Gasteiger charge is 2.69. The zero-order valence-corrected chi connectivity index (χ0v) is 31.4. The molecule has 1 amide bonds. The van der Waals surface area contributed by atoms with Crippen molar-refractivity contribution in [1.29, 1.82) is 0 Å². The lowest BCUT2D eigenvalue weighted by Gasteiger charge is -2.37. The van der Waals surface area contributed by atoms with Gasteiger partial charge in [-0.1, -0.05) is 45.9 Å². The monoisotopic (exact) mass is 766 g/mol. The molecule has 2 unspecified atom stereocenters. The van der Waals surface area contributed by atoms with Crippen molar-refractivity contribution < 1.29 is 35.6 Å². The molecule has 2 heterocycles. The van der Waals surface area contributed by atoms with Crippen LogP contribution >= 0.6 is 23.5 Å². The number of carbonyl (C=O) groups is 2. The predicted octanol–water partition coefficient (Wildman–Crippen LogP) is 8.52. The van der Waals surface area contributed by atoms with Crippen molar-refractivity contribution in [2.75, 3.05) is 11.5 Å². The molecule has 2 aromatic rings. The van der Waals surface area contributed by atoms with Gasteiger partial charge in [-0.15, -0.1) is 0 Å². The molecule has 8 rings (SSSR count). The van der Waals surface area contributed by atoms with E-state index in [0.29, 0.717) is 34.3 Å². The molecule has 4 saturated carbocycles. The van der Waals surface area contributed by atoms with E-state index in [-0.39, 0.29) is 28.2 Å². The minimum Gasteiger partial charge on any atom is -0.279 e. The number of carbonyl (C=O) groups excluding carboxylic acids is 2. The summed E-state index contributed by atoms with van der Waals surface area (Å²) in [4.78, 5) is 22.9. The number of nitrogens with zero attached hydrogens (tertiary/aromatic N) is 1. The van der Waals surface area contributed by atoms with E-state index in [1.807, 2.05) is 4.31 Å². The molecule has 0 aromatic heterocycles. The van der Waals surface area contributed by atoms with Crippen molar-refractivity contribution in [2.45, 2.75) is 78.3 Å². The molecule has 6 aliphatic rings. The van der Waals surface area contributed by atoms with Gasteiger partial charge in [0.15, 0.2) is 23.3 Å². The zero-order valence-electron chi connectivity index (χ0n) is 29.0. The van der Waals surface area contributed by atoms with Crippen molar-refractivity contribution in [3.8, 4) is 0 Å². The zero-order chi connectivity index (χ0) is 37.1. The van der Waals surface area contributed by atoms with E-state index in [1.165, 1.54) is 43.5 Å². The molecule has 6 nitrogen and oxygen atoms in total. The van der Waals surface area contributed by atoms with Crippen LogP contribution in [0.15, 0.2) is 48.6 Å². The van der Waals surface area contributed by atoms with Crippen LogP contribution in [0.1, 0.15) is 77.3 Å². The molecule has 2 aromatic carbocycles. The van der Waals surface area contributed by atoms with Crippen LogP contribution in [0.3, 0.4) is 0 Å². The Balaban J connectivity index is 0.000000142. The van der Waals surface area contributed by atoms with Gasteiger partial charge in [0, 0.05) is 28.7 Å². The van der Waals surface area contributed by atoms with Gasteiger partial charge in [-0.2, -0.15) is 0 Å². The summed E-state index contributed by atoms with van der Waals surface area (Å²) in [6, 6.07) is 7.51. The summed E-state index contributed by atoms with van der Waals surface area (Å²) in [5, 5.41) is -0.662. The summed E-state index contributed by atoms with van der Waals surface area (Å²) < 4.78 is 79.2. The molecule has 13 heteroatoms. The lowest BCUT2D eigenvalue weighted by atomic mass is 9.69. The molecular formula is C38H43ClF4N2O4S2. The summed E-state index contributed by atoms with van der Waals surface area (Å²) in [6.07, 6.45) is 12.4. The van der Waals surface area contributed by atoms with Gasteiger partial charge in [-0.3, -0.25) is 13.9 Å². The molecular weight excluding hydrogens is 724 g/mol. The number of amides is 1. The highest BCUT2D eigenvalue weighted by atomic mass is 35.5. The number of halogens is 5. The first-order chi connectivity index (χ1) is 23.8. The molecule has 2 aliphatic heterocycles. The fourth-order valence-electron chi connectivity index (χ4n) is 10.0. The number of sulfonamides is 1. The topological polar surface area (TPSA) is 83.6 Å². The summed E-state index contributed by atoms with van der Waals surface area (Å²) in [5.41, 5.74) is 1.68. The number of benzene rings is 2. The first-order valence-electron chi connectivity index (χ1n) is 17.2. The molecule has 2 spiro atoms. The Morgan fingerprint density at radius 2 is 1.35 bits per heavy atom. The van der Waals surface area contributed by atoms with Gasteiger partial charge >= 0.3 is 0 Å². The van der Waals surface area contributed by atoms with Crippen LogP contribution in [0.5, 0.6) is 0 Å². The fraction of sp³-hybridized carbons (Fsp3) is 0.526. The number of rotatable bonds is 4. The van der Waals surface area contributed by atoms with Gasteiger partial charge < -0.3 is 0 Å². The van der Waals surface area contributed by atoms with Crippen molar-refractivity contribution in [1.82, 2.24) is 9.03 Å². The largest absolute Gasteiger partial charge is 0.279 e. The summed E-state index contributed by atoms with van der Waals surface area (Å²) in [7, 11) is -2.97. The highest BCUT2D eigenvalue weighted by molar-refractivity contribution is 7.97. The van der Waals surface area contributed by atoms with Gasteiger partial charge in [-0.05, 0) is 132 Å². The second kappa shape index (κ2) is 13.6. The van der Waals surface area contributed by atoms with Crippen molar-refractivity contribution in [2.24, 2.45) is 33.5 Å². The lowest BCUT2D eigenvalue weighted by molar-refractivity contribution is -0.123. The SMILES string of the molecule is CC1(C)C2CC[C@]13CS(=O)(=O)N[C@@H]3C2.CC1(C)C2CC[C@]13CSN(C(=O)/C=C/c1ccc(F)c(F)c1)[C@@H]3C2.O=C(Cl)/C=C/c1ccc(F)c(F)c1.